The normalized spacial score (nSPS) is 19.1. The summed E-state index contributed by atoms with van der Waals surface area (Å²) in [6.07, 6.45) is 4.67. The minimum atomic E-state index is 0.507. The van der Waals surface area contributed by atoms with Crippen molar-refractivity contribution in [2.24, 2.45) is 7.05 Å². The molecule has 3 heterocycles. The Morgan fingerprint density at radius 3 is 2.95 bits per heavy atom. The molecule has 0 amide bonds. The number of likely N-dealkylation sites (tertiary alicyclic amines) is 1. The molecule has 6 nitrogen and oxygen atoms in total. The molecule has 2 aromatic heterocycles. The zero-order chi connectivity index (χ0) is 14.8. The summed E-state index contributed by atoms with van der Waals surface area (Å²) < 4.78 is 1.95. The van der Waals surface area contributed by atoms with Gasteiger partial charge in [-0.15, -0.1) is 0 Å². The molecule has 0 bridgehead atoms. The molecule has 0 aromatic carbocycles. The Kier molecular flexibility index (Phi) is 3.88. The molecule has 1 saturated heterocycles. The lowest BCUT2D eigenvalue weighted by Crippen LogP contribution is -2.35. The van der Waals surface area contributed by atoms with Crippen molar-refractivity contribution >= 4 is 5.82 Å². The van der Waals surface area contributed by atoms with E-state index >= 15 is 0 Å². The highest BCUT2D eigenvalue weighted by molar-refractivity contribution is 5.39. The van der Waals surface area contributed by atoms with Gasteiger partial charge < -0.3 is 4.90 Å². The van der Waals surface area contributed by atoms with E-state index in [1.807, 2.05) is 30.9 Å². The van der Waals surface area contributed by atoms with Gasteiger partial charge in [0.15, 0.2) is 0 Å². The third-order valence-corrected chi connectivity index (χ3v) is 4.25. The summed E-state index contributed by atoms with van der Waals surface area (Å²) in [5.74, 6) is 1.01. The van der Waals surface area contributed by atoms with Crippen molar-refractivity contribution in [2.45, 2.75) is 25.9 Å². The maximum absolute atomic E-state index is 4.38. The average Bonchev–Trinajstić information content (AvgIpc) is 3.09. The van der Waals surface area contributed by atoms with Crippen molar-refractivity contribution < 1.29 is 0 Å². The lowest BCUT2D eigenvalue weighted by atomic mass is 10.2. The second-order valence-corrected chi connectivity index (χ2v) is 5.75. The van der Waals surface area contributed by atoms with Crippen molar-refractivity contribution in [3.63, 3.8) is 0 Å². The van der Waals surface area contributed by atoms with E-state index in [4.69, 9.17) is 0 Å². The topological polar surface area (TPSA) is 50.1 Å². The number of anilines is 1. The predicted molar refractivity (Wildman–Crippen MR) is 82.1 cm³/mol. The van der Waals surface area contributed by atoms with E-state index in [2.05, 4.69) is 38.0 Å². The summed E-state index contributed by atoms with van der Waals surface area (Å²) >= 11 is 0. The Morgan fingerprint density at radius 1 is 1.38 bits per heavy atom. The predicted octanol–water partition coefficient (Wildman–Crippen LogP) is 1.23. The summed E-state index contributed by atoms with van der Waals surface area (Å²) in [5, 5.41) is 4.23. The van der Waals surface area contributed by atoms with E-state index in [0.29, 0.717) is 6.04 Å². The van der Waals surface area contributed by atoms with Gasteiger partial charge >= 0.3 is 0 Å². The van der Waals surface area contributed by atoms with Crippen LogP contribution in [-0.4, -0.2) is 50.8 Å². The lowest BCUT2D eigenvalue weighted by Gasteiger charge is -2.26. The Labute approximate surface area is 125 Å². The summed E-state index contributed by atoms with van der Waals surface area (Å²) in [5.41, 5.74) is 2.27. The number of hydrogen-bond donors (Lipinski definition) is 0. The fourth-order valence-corrected chi connectivity index (χ4v) is 2.88. The molecule has 1 atom stereocenters. The molecule has 2 aromatic rings. The van der Waals surface area contributed by atoms with Gasteiger partial charge in [-0.2, -0.15) is 5.10 Å². The van der Waals surface area contributed by atoms with Gasteiger partial charge in [-0.05, 0) is 19.4 Å². The van der Waals surface area contributed by atoms with Crippen LogP contribution < -0.4 is 4.90 Å². The molecule has 1 aliphatic rings. The van der Waals surface area contributed by atoms with Crippen LogP contribution in [0.3, 0.4) is 0 Å². The third-order valence-electron chi connectivity index (χ3n) is 4.25. The molecule has 0 spiro atoms. The van der Waals surface area contributed by atoms with Gasteiger partial charge in [0, 0.05) is 57.7 Å². The van der Waals surface area contributed by atoms with Gasteiger partial charge in [-0.3, -0.25) is 9.58 Å². The number of aryl methyl sites for hydroxylation is 2. The molecule has 3 rings (SSSR count). The SMILES string of the molecule is Cc1cc(N(C)C2CCN(Cc3ccnn3C)C2)ncn1. The Balaban J connectivity index is 1.63. The average molecular weight is 286 g/mol. The van der Waals surface area contributed by atoms with Crippen LogP contribution >= 0.6 is 0 Å². The second-order valence-electron chi connectivity index (χ2n) is 5.75. The quantitative estimate of drug-likeness (QED) is 0.846. The molecule has 21 heavy (non-hydrogen) atoms. The van der Waals surface area contributed by atoms with Crippen LogP contribution in [0.2, 0.25) is 0 Å². The van der Waals surface area contributed by atoms with Gasteiger partial charge in [-0.1, -0.05) is 0 Å². The second kappa shape index (κ2) is 5.81. The van der Waals surface area contributed by atoms with Gasteiger partial charge in [0.2, 0.25) is 0 Å². The number of aromatic nitrogens is 4. The van der Waals surface area contributed by atoms with E-state index < -0.39 is 0 Å². The van der Waals surface area contributed by atoms with Gasteiger partial charge in [0.25, 0.3) is 0 Å². The maximum Gasteiger partial charge on any atom is 0.132 e. The van der Waals surface area contributed by atoms with E-state index in [0.717, 1.165) is 37.6 Å². The largest absolute Gasteiger partial charge is 0.355 e. The van der Waals surface area contributed by atoms with Crippen LogP contribution in [0, 0.1) is 6.92 Å². The van der Waals surface area contributed by atoms with Crippen LogP contribution in [0.4, 0.5) is 5.82 Å². The van der Waals surface area contributed by atoms with E-state index in [1.54, 1.807) is 6.33 Å². The van der Waals surface area contributed by atoms with Crippen molar-refractivity contribution in [3.05, 3.63) is 36.0 Å². The fraction of sp³-hybridized carbons (Fsp3) is 0.533. The molecule has 0 saturated carbocycles. The minimum absolute atomic E-state index is 0.507. The fourth-order valence-electron chi connectivity index (χ4n) is 2.88. The van der Waals surface area contributed by atoms with Crippen molar-refractivity contribution in [2.75, 3.05) is 25.0 Å². The number of likely N-dealkylation sites (N-methyl/N-ethyl adjacent to an activating group) is 1. The number of nitrogens with zero attached hydrogens (tertiary/aromatic N) is 6. The summed E-state index contributed by atoms with van der Waals surface area (Å²) in [6, 6.07) is 4.64. The molecular weight excluding hydrogens is 264 g/mol. The Morgan fingerprint density at radius 2 is 2.24 bits per heavy atom. The highest BCUT2D eigenvalue weighted by atomic mass is 15.3. The van der Waals surface area contributed by atoms with Crippen LogP contribution in [0.1, 0.15) is 17.8 Å². The van der Waals surface area contributed by atoms with Crippen molar-refractivity contribution in [1.82, 2.24) is 24.6 Å². The van der Waals surface area contributed by atoms with Crippen LogP contribution in [0.15, 0.2) is 24.7 Å². The first-order valence-electron chi connectivity index (χ1n) is 7.34. The highest BCUT2D eigenvalue weighted by Gasteiger charge is 2.27. The van der Waals surface area contributed by atoms with Crippen molar-refractivity contribution in [1.29, 1.82) is 0 Å². The van der Waals surface area contributed by atoms with Gasteiger partial charge in [0.05, 0.1) is 5.69 Å². The standard InChI is InChI=1S/C15H22N6/c1-12-8-15(17-11-16-12)19(2)13-5-7-21(9-13)10-14-4-6-18-20(14)3/h4,6,8,11,13H,5,7,9-10H2,1-3H3. The van der Waals surface area contributed by atoms with Gasteiger partial charge in [0.1, 0.15) is 12.1 Å². The molecule has 0 radical (unpaired) electrons. The molecule has 112 valence electrons. The number of hydrogen-bond acceptors (Lipinski definition) is 5. The zero-order valence-corrected chi connectivity index (χ0v) is 12.9. The van der Waals surface area contributed by atoms with E-state index in [-0.39, 0.29) is 0 Å². The zero-order valence-electron chi connectivity index (χ0n) is 12.9. The lowest BCUT2D eigenvalue weighted by molar-refractivity contribution is 0.316. The molecule has 6 heteroatoms. The van der Waals surface area contributed by atoms with E-state index in [1.165, 1.54) is 5.69 Å². The highest BCUT2D eigenvalue weighted by Crippen LogP contribution is 2.21. The Bertz CT molecular complexity index is 608. The smallest absolute Gasteiger partial charge is 0.132 e. The first kappa shape index (κ1) is 14.0. The summed E-state index contributed by atoms with van der Waals surface area (Å²) in [6.45, 7) is 5.14. The molecule has 1 fully saturated rings. The van der Waals surface area contributed by atoms with Crippen LogP contribution in [-0.2, 0) is 13.6 Å². The van der Waals surface area contributed by atoms with Gasteiger partial charge in [-0.25, -0.2) is 9.97 Å². The molecular formula is C15H22N6. The summed E-state index contributed by atoms with van der Waals surface area (Å²) in [4.78, 5) is 13.3. The molecule has 1 unspecified atom stereocenters. The minimum Gasteiger partial charge on any atom is -0.355 e. The molecule has 1 aliphatic heterocycles. The monoisotopic (exact) mass is 286 g/mol. The first-order chi connectivity index (χ1) is 10.1. The summed E-state index contributed by atoms with van der Waals surface area (Å²) in [7, 11) is 4.12. The van der Waals surface area contributed by atoms with Crippen LogP contribution in [0.5, 0.6) is 0 Å². The third kappa shape index (κ3) is 3.05. The number of rotatable bonds is 4. The molecule has 0 aliphatic carbocycles. The Hall–Kier alpha value is -1.95. The molecule has 0 N–H and O–H groups in total. The first-order valence-corrected chi connectivity index (χ1v) is 7.34. The van der Waals surface area contributed by atoms with Crippen molar-refractivity contribution in [3.8, 4) is 0 Å². The maximum atomic E-state index is 4.38. The van der Waals surface area contributed by atoms with E-state index in [9.17, 15) is 0 Å². The van der Waals surface area contributed by atoms with Crippen LogP contribution in [0.25, 0.3) is 0 Å².